The summed E-state index contributed by atoms with van der Waals surface area (Å²) in [5.41, 5.74) is -1.63. The van der Waals surface area contributed by atoms with E-state index in [1.54, 1.807) is 0 Å². The summed E-state index contributed by atoms with van der Waals surface area (Å²) in [5, 5.41) is 9.49. The second-order valence-corrected chi connectivity index (χ2v) is 4.62. The van der Waals surface area contributed by atoms with Crippen LogP contribution < -0.4 is 11.2 Å². The van der Waals surface area contributed by atoms with Crippen LogP contribution in [-0.2, 0) is 7.05 Å². The maximum Gasteiger partial charge on any atom is 0.365 e. The summed E-state index contributed by atoms with van der Waals surface area (Å²) < 4.78 is 13.9. The quantitative estimate of drug-likeness (QED) is 0.653. The zero-order valence-corrected chi connectivity index (χ0v) is 10.1. The molecule has 2 aromatic rings. The van der Waals surface area contributed by atoms with Gasteiger partial charge in [-0.3, -0.25) is 9.36 Å². The predicted molar refractivity (Wildman–Crippen MR) is 63.7 cm³/mol. The minimum atomic E-state index is -0.827. The van der Waals surface area contributed by atoms with Crippen molar-refractivity contribution in [2.45, 2.75) is 9.92 Å². The highest BCUT2D eigenvalue weighted by Gasteiger charge is 2.08. The van der Waals surface area contributed by atoms with E-state index >= 15 is 0 Å². The number of halogens is 1. The van der Waals surface area contributed by atoms with Gasteiger partial charge in [0.25, 0.3) is 5.56 Å². The fourth-order valence-electron chi connectivity index (χ4n) is 1.32. The molecule has 0 aliphatic rings. The van der Waals surface area contributed by atoms with E-state index in [0.29, 0.717) is 9.92 Å². The van der Waals surface area contributed by atoms with Crippen molar-refractivity contribution in [3.05, 3.63) is 57.0 Å². The van der Waals surface area contributed by atoms with Crippen LogP contribution in [0, 0.1) is 5.82 Å². The molecule has 1 N–H and O–H groups in total. The van der Waals surface area contributed by atoms with E-state index in [0.717, 1.165) is 22.4 Å². The molecule has 0 aliphatic carbocycles. The summed E-state index contributed by atoms with van der Waals surface area (Å²) >= 11 is 1.13. The molecule has 5 nitrogen and oxygen atoms in total. The highest BCUT2D eigenvalue weighted by molar-refractivity contribution is 7.99. The summed E-state index contributed by atoms with van der Waals surface area (Å²) in [6, 6.07) is 6.78. The number of rotatable bonds is 2. The Balaban J connectivity index is 2.44. The van der Waals surface area contributed by atoms with Crippen LogP contribution in [0.4, 0.5) is 4.39 Å². The third-order valence-corrected chi connectivity index (χ3v) is 3.40. The number of benzene rings is 1. The first-order valence-corrected chi connectivity index (χ1v) is 5.76. The van der Waals surface area contributed by atoms with Gasteiger partial charge >= 0.3 is 5.69 Å². The Morgan fingerprint density at radius 3 is 2.44 bits per heavy atom. The first kappa shape index (κ1) is 12.4. The maximum atomic E-state index is 12.7. The topological polar surface area (TPSA) is 64.2 Å². The van der Waals surface area contributed by atoms with Crippen molar-refractivity contribution in [1.82, 2.24) is 9.30 Å². The summed E-state index contributed by atoms with van der Waals surface area (Å²) in [7, 11) is 1.43. The smallest absolute Gasteiger partial charge is 0.365 e. The molecule has 1 heterocycles. The molecule has 0 fully saturated rings. The minimum Gasteiger partial charge on any atom is -0.421 e. The van der Waals surface area contributed by atoms with E-state index in [2.05, 4.69) is 0 Å². The van der Waals surface area contributed by atoms with E-state index in [1.807, 2.05) is 0 Å². The minimum absolute atomic E-state index is 0.0364. The van der Waals surface area contributed by atoms with Gasteiger partial charge in [-0.25, -0.2) is 9.18 Å². The van der Waals surface area contributed by atoms with Crippen LogP contribution in [0.3, 0.4) is 0 Å². The van der Waals surface area contributed by atoms with Crippen molar-refractivity contribution < 1.29 is 9.60 Å². The Bertz CT molecular complexity index is 691. The number of hydrogen-bond donors (Lipinski definition) is 1. The Morgan fingerprint density at radius 2 is 1.83 bits per heavy atom. The molecule has 0 aliphatic heterocycles. The van der Waals surface area contributed by atoms with Gasteiger partial charge in [0.1, 0.15) is 5.82 Å². The highest BCUT2D eigenvalue weighted by atomic mass is 32.2. The second kappa shape index (κ2) is 4.69. The summed E-state index contributed by atoms with van der Waals surface area (Å²) in [6.45, 7) is 0. The van der Waals surface area contributed by atoms with Gasteiger partial charge in [0.15, 0.2) is 0 Å². The van der Waals surface area contributed by atoms with Gasteiger partial charge in [0.05, 0.1) is 5.03 Å². The molecule has 0 atom stereocenters. The fourth-order valence-corrected chi connectivity index (χ4v) is 2.20. The van der Waals surface area contributed by atoms with Gasteiger partial charge in [0.2, 0.25) is 0 Å². The van der Waals surface area contributed by atoms with Crippen LogP contribution in [0.1, 0.15) is 0 Å². The third kappa shape index (κ3) is 2.30. The number of hydrogen-bond acceptors (Lipinski definition) is 4. The van der Waals surface area contributed by atoms with E-state index < -0.39 is 11.2 Å². The Labute approximate surface area is 105 Å². The molecular weight excluding hydrogens is 259 g/mol. The SMILES string of the molecule is Cn1c(Sc2ccc(F)cc2)cc(=O)n(O)c1=O. The van der Waals surface area contributed by atoms with Crippen LogP contribution in [0.15, 0.2) is 49.8 Å². The molecule has 0 radical (unpaired) electrons. The molecular formula is C11H9FN2O3S. The van der Waals surface area contributed by atoms with Gasteiger partial charge in [-0.1, -0.05) is 16.5 Å². The molecule has 1 aromatic carbocycles. The zero-order chi connectivity index (χ0) is 13.3. The molecule has 1 aromatic heterocycles. The van der Waals surface area contributed by atoms with Crippen molar-refractivity contribution in [2.75, 3.05) is 0 Å². The largest absolute Gasteiger partial charge is 0.421 e. The summed E-state index contributed by atoms with van der Waals surface area (Å²) in [5.74, 6) is -0.362. The Morgan fingerprint density at radius 1 is 1.22 bits per heavy atom. The average molecular weight is 268 g/mol. The van der Waals surface area contributed by atoms with Crippen molar-refractivity contribution in [3.63, 3.8) is 0 Å². The maximum absolute atomic E-state index is 12.7. The lowest BCUT2D eigenvalue weighted by Crippen LogP contribution is -2.37. The van der Waals surface area contributed by atoms with Gasteiger partial charge in [-0.15, -0.1) is 0 Å². The summed E-state index contributed by atoms with van der Waals surface area (Å²) in [4.78, 5) is 23.4. The molecule has 7 heteroatoms. The monoisotopic (exact) mass is 268 g/mol. The predicted octanol–water partition coefficient (Wildman–Crippen LogP) is 1.07. The second-order valence-electron chi connectivity index (χ2n) is 3.53. The zero-order valence-electron chi connectivity index (χ0n) is 9.33. The molecule has 2 rings (SSSR count). The summed E-state index contributed by atoms with van der Waals surface area (Å²) in [6.07, 6.45) is 0. The van der Waals surface area contributed by atoms with Crippen LogP contribution in [-0.4, -0.2) is 14.5 Å². The van der Waals surface area contributed by atoms with Crippen LogP contribution in [0.2, 0.25) is 0 Å². The van der Waals surface area contributed by atoms with Gasteiger partial charge < -0.3 is 5.21 Å². The lowest BCUT2D eigenvalue weighted by atomic mass is 10.4. The lowest BCUT2D eigenvalue weighted by Gasteiger charge is -2.07. The van der Waals surface area contributed by atoms with Crippen LogP contribution in [0.25, 0.3) is 0 Å². The molecule has 0 spiro atoms. The van der Waals surface area contributed by atoms with Crippen molar-refractivity contribution in [2.24, 2.45) is 7.05 Å². The van der Waals surface area contributed by atoms with Crippen LogP contribution >= 0.6 is 11.8 Å². The van der Waals surface area contributed by atoms with Gasteiger partial charge in [-0.05, 0) is 24.3 Å². The molecule has 18 heavy (non-hydrogen) atoms. The normalized spacial score (nSPS) is 10.6. The van der Waals surface area contributed by atoms with E-state index in [4.69, 9.17) is 5.21 Å². The average Bonchev–Trinajstić information content (AvgIpc) is 2.36. The Hall–Kier alpha value is -2.02. The van der Waals surface area contributed by atoms with Crippen molar-refractivity contribution >= 4 is 11.8 Å². The van der Waals surface area contributed by atoms with E-state index in [1.165, 1.54) is 31.3 Å². The molecule has 0 saturated carbocycles. The molecule has 0 saturated heterocycles. The van der Waals surface area contributed by atoms with Gasteiger partial charge in [0, 0.05) is 18.0 Å². The fraction of sp³-hybridized carbons (Fsp3) is 0.0909. The highest BCUT2D eigenvalue weighted by Crippen LogP contribution is 2.25. The first-order valence-electron chi connectivity index (χ1n) is 4.95. The van der Waals surface area contributed by atoms with Gasteiger partial charge in [-0.2, -0.15) is 0 Å². The molecule has 0 unspecified atom stereocenters. The third-order valence-electron chi connectivity index (χ3n) is 2.29. The lowest BCUT2D eigenvalue weighted by molar-refractivity contribution is 0.153. The number of nitrogens with zero attached hydrogens (tertiary/aromatic N) is 2. The number of aromatic nitrogens is 2. The van der Waals surface area contributed by atoms with Crippen molar-refractivity contribution in [3.8, 4) is 0 Å². The molecule has 94 valence electrons. The first-order chi connectivity index (χ1) is 8.49. The van der Waals surface area contributed by atoms with Crippen molar-refractivity contribution in [1.29, 1.82) is 0 Å². The van der Waals surface area contributed by atoms with Crippen LogP contribution in [0.5, 0.6) is 0 Å². The van der Waals surface area contributed by atoms with E-state index in [9.17, 15) is 14.0 Å². The van der Waals surface area contributed by atoms with E-state index in [-0.39, 0.29) is 10.5 Å². The molecule has 0 bridgehead atoms. The standard InChI is InChI=1S/C11H9FN2O3S/c1-13-10(6-9(15)14(17)11(13)16)18-8-4-2-7(12)3-5-8/h2-6,17H,1H3. The Kier molecular flexibility index (Phi) is 3.24. The molecule has 0 amide bonds.